The van der Waals surface area contributed by atoms with Crippen molar-refractivity contribution in [3.8, 4) is 5.88 Å². The number of para-hydroxylation sites is 1. The summed E-state index contributed by atoms with van der Waals surface area (Å²) in [5.41, 5.74) is 0.818. The molecule has 2 fully saturated rings. The number of rotatable bonds is 5. The molecule has 2 bridgehead atoms. The molecule has 0 unspecified atom stereocenters. The van der Waals surface area contributed by atoms with Gasteiger partial charge in [-0.1, -0.05) is 18.6 Å². The van der Waals surface area contributed by atoms with Crippen LogP contribution in [0, 0.1) is 17.8 Å². The summed E-state index contributed by atoms with van der Waals surface area (Å²) >= 11 is 0. The van der Waals surface area contributed by atoms with Crippen molar-refractivity contribution in [2.75, 3.05) is 6.61 Å². The molecule has 4 atom stereocenters. The molecule has 5 heteroatoms. The number of hydrogen-bond donors (Lipinski definition) is 1. The van der Waals surface area contributed by atoms with Gasteiger partial charge in [-0.25, -0.2) is 9.97 Å². The van der Waals surface area contributed by atoms with Crippen molar-refractivity contribution in [1.82, 2.24) is 15.3 Å². The Morgan fingerprint density at radius 1 is 1.29 bits per heavy atom. The standard InChI is InChI=1S/C19H23N3O2/c1-12(16-9-13-6-7-14(16)8-13)22-18(23)10-24-19-15-4-2-3-5-17(15)20-11-21-19/h2-5,11-14,16H,6-10H2,1H3,(H,22,23)/t12-,13+,14+,16-/m1/s1. The number of aromatic nitrogens is 2. The normalized spacial score (nSPS) is 26.5. The summed E-state index contributed by atoms with van der Waals surface area (Å²) in [5, 5.41) is 3.95. The molecule has 1 heterocycles. The molecule has 1 aromatic heterocycles. The molecule has 126 valence electrons. The molecule has 0 saturated heterocycles. The van der Waals surface area contributed by atoms with Gasteiger partial charge in [-0.15, -0.1) is 0 Å². The first-order valence-corrected chi connectivity index (χ1v) is 8.82. The molecule has 1 aromatic carbocycles. The number of ether oxygens (including phenoxy) is 1. The first-order valence-electron chi connectivity index (χ1n) is 8.82. The van der Waals surface area contributed by atoms with E-state index >= 15 is 0 Å². The lowest BCUT2D eigenvalue weighted by Crippen LogP contribution is -2.42. The smallest absolute Gasteiger partial charge is 0.258 e. The number of nitrogens with zero attached hydrogens (tertiary/aromatic N) is 2. The number of carbonyl (C=O) groups is 1. The number of benzene rings is 1. The molecule has 0 spiro atoms. The van der Waals surface area contributed by atoms with Gasteiger partial charge in [0.05, 0.1) is 10.9 Å². The first-order chi connectivity index (χ1) is 11.7. The van der Waals surface area contributed by atoms with E-state index < -0.39 is 0 Å². The van der Waals surface area contributed by atoms with Crippen LogP contribution in [0.5, 0.6) is 5.88 Å². The zero-order chi connectivity index (χ0) is 16.5. The van der Waals surface area contributed by atoms with Gasteiger partial charge in [0, 0.05) is 6.04 Å². The maximum atomic E-state index is 12.2. The molecule has 24 heavy (non-hydrogen) atoms. The predicted molar refractivity (Wildman–Crippen MR) is 91.6 cm³/mol. The predicted octanol–water partition coefficient (Wildman–Crippen LogP) is 2.95. The second-order valence-corrected chi connectivity index (χ2v) is 7.18. The molecule has 2 saturated carbocycles. The zero-order valence-electron chi connectivity index (χ0n) is 13.9. The Morgan fingerprint density at radius 3 is 2.96 bits per heavy atom. The molecular formula is C19H23N3O2. The Bertz CT molecular complexity index is 743. The zero-order valence-corrected chi connectivity index (χ0v) is 13.9. The average Bonchev–Trinajstić information content (AvgIpc) is 3.23. The van der Waals surface area contributed by atoms with Gasteiger partial charge in [-0.05, 0) is 56.1 Å². The summed E-state index contributed by atoms with van der Waals surface area (Å²) in [7, 11) is 0. The second kappa shape index (κ2) is 6.38. The van der Waals surface area contributed by atoms with Crippen LogP contribution in [0.3, 0.4) is 0 Å². The minimum Gasteiger partial charge on any atom is -0.467 e. The highest BCUT2D eigenvalue weighted by atomic mass is 16.5. The lowest BCUT2D eigenvalue weighted by Gasteiger charge is -2.28. The fourth-order valence-corrected chi connectivity index (χ4v) is 4.54. The third kappa shape index (κ3) is 2.95. The summed E-state index contributed by atoms with van der Waals surface area (Å²) in [5.74, 6) is 2.71. The van der Waals surface area contributed by atoms with Crippen LogP contribution in [0.1, 0.15) is 32.6 Å². The molecular weight excluding hydrogens is 302 g/mol. The van der Waals surface area contributed by atoms with E-state index in [1.165, 1.54) is 32.0 Å². The highest BCUT2D eigenvalue weighted by molar-refractivity contribution is 5.84. The molecule has 1 N–H and O–H groups in total. The quantitative estimate of drug-likeness (QED) is 0.918. The van der Waals surface area contributed by atoms with Crippen LogP contribution in [-0.4, -0.2) is 28.5 Å². The number of amides is 1. The molecule has 2 aromatic rings. The van der Waals surface area contributed by atoms with Crippen molar-refractivity contribution < 1.29 is 9.53 Å². The van der Waals surface area contributed by atoms with Crippen LogP contribution in [0.25, 0.3) is 10.9 Å². The van der Waals surface area contributed by atoms with Crippen molar-refractivity contribution in [2.24, 2.45) is 17.8 Å². The van der Waals surface area contributed by atoms with E-state index in [1.807, 2.05) is 24.3 Å². The number of fused-ring (bicyclic) bond motifs is 3. The van der Waals surface area contributed by atoms with E-state index in [2.05, 4.69) is 22.2 Å². The van der Waals surface area contributed by atoms with E-state index in [0.717, 1.165) is 22.7 Å². The SMILES string of the molecule is C[C@@H](NC(=O)COc1ncnc2ccccc12)[C@H]1C[C@H]2CC[C@H]1C2. The van der Waals surface area contributed by atoms with Crippen molar-refractivity contribution in [3.63, 3.8) is 0 Å². The Morgan fingerprint density at radius 2 is 2.17 bits per heavy atom. The lowest BCUT2D eigenvalue weighted by atomic mass is 9.84. The first kappa shape index (κ1) is 15.4. The van der Waals surface area contributed by atoms with Crippen molar-refractivity contribution in [2.45, 2.75) is 38.6 Å². The van der Waals surface area contributed by atoms with Gasteiger partial charge < -0.3 is 10.1 Å². The van der Waals surface area contributed by atoms with Crippen LogP contribution in [0.4, 0.5) is 0 Å². The summed E-state index contributed by atoms with van der Waals surface area (Å²) in [4.78, 5) is 20.6. The number of hydrogen-bond acceptors (Lipinski definition) is 4. The van der Waals surface area contributed by atoms with E-state index in [1.54, 1.807) is 0 Å². The molecule has 0 aliphatic heterocycles. The second-order valence-electron chi connectivity index (χ2n) is 7.18. The van der Waals surface area contributed by atoms with E-state index in [9.17, 15) is 4.79 Å². The van der Waals surface area contributed by atoms with Crippen LogP contribution in [0.2, 0.25) is 0 Å². The highest BCUT2D eigenvalue weighted by Crippen LogP contribution is 2.49. The Balaban J connectivity index is 1.34. The van der Waals surface area contributed by atoms with Gasteiger partial charge in [0.1, 0.15) is 6.33 Å². The van der Waals surface area contributed by atoms with Crippen LogP contribution in [0.15, 0.2) is 30.6 Å². The lowest BCUT2D eigenvalue weighted by molar-refractivity contribution is -0.124. The summed E-state index contributed by atoms with van der Waals surface area (Å²) < 4.78 is 5.64. The maximum Gasteiger partial charge on any atom is 0.258 e. The Kier molecular flexibility index (Phi) is 4.08. The summed E-state index contributed by atoms with van der Waals surface area (Å²) in [6.45, 7) is 2.12. The Hall–Kier alpha value is -2.17. The van der Waals surface area contributed by atoms with Crippen molar-refractivity contribution >= 4 is 16.8 Å². The number of carbonyl (C=O) groups excluding carboxylic acids is 1. The molecule has 2 aliphatic carbocycles. The largest absolute Gasteiger partial charge is 0.467 e. The van der Waals surface area contributed by atoms with Crippen LogP contribution >= 0.6 is 0 Å². The third-order valence-corrected chi connectivity index (χ3v) is 5.67. The summed E-state index contributed by atoms with van der Waals surface area (Å²) in [6, 6.07) is 7.86. The fraction of sp³-hybridized carbons (Fsp3) is 0.526. The average molecular weight is 325 g/mol. The van der Waals surface area contributed by atoms with Gasteiger partial charge in [-0.2, -0.15) is 0 Å². The molecule has 2 aliphatic rings. The maximum absolute atomic E-state index is 12.2. The van der Waals surface area contributed by atoms with E-state index in [4.69, 9.17) is 4.74 Å². The molecule has 4 rings (SSSR count). The fourth-order valence-electron chi connectivity index (χ4n) is 4.54. The minimum atomic E-state index is -0.0760. The van der Waals surface area contributed by atoms with Gasteiger partial charge in [-0.3, -0.25) is 4.79 Å². The topological polar surface area (TPSA) is 64.1 Å². The van der Waals surface area contributed by atoms with Crippen LogP contribution in [-0.2, 0) is 4.79 Å². The van der Waals surface area contributed by atoms with Crippen molar-refractivity contribution in [1.29, 1.82) is 0 Å². The van der Waals surface area contributed by atoms with Crippen molar-refractivity contribution in [3.05, 3.63) is 30.6 Å². The highest BCUT2D eigenvalue weighted by Gasteiger charge is 2.42. The molecule has 0 radical (unpaired) electrons. The molecule has 5 nitrogen and oxygen atoms in total. The third-order valence-electron chi connectivity index (χ3n) is 5.67. The van der Waals surface area contributed by atoms with E-state index in [-0.39, 0.29) is 18.6 Å². The van der Waals surface area contributed by atoms with Gasteiger partial charge in [0.15, 0.2) is 6.61 Å². The van der Waals surface area contributed by atoms with Gasteiger partial charge in [0.2, 0.25) is 5.88 Å². The van der Waals surface area contributed by atoms with Gasteiger partial charge in [0.25, 0.3) is 5.91 Å². The monoisotopic (exact) mass is 325 g/mol. The molecule has 1 amide bonds. The summed E-state index contributed by atoms with van der Waals surface area (Å²) in [6.07, 6.45) is 6.80. The van der Waals surface area contributed by atoms with E-state index in [0.29, 0.717) is 11.8 Å². The Labute approximate surface area is 141 Å². The van der Waals surface area contributed by atoms with Gasteiger partial charge >= 0.3 is 0 Å². The number of nitrogens with one attached hydrogen (secondary N) is 1. The van der Waals surface area contributed by atoms with Crippen LogP contribution < -0.4 is 10.1 Å². The minimum absolute atomic E-state index is 0.00777.